The normalized spacial score (nSPS) is 12.1. The van der Waals surface area contributed by atoms with Gasteiger partial charge in [-0.3, -0.25) is 5.41 Å². The average Bonchev–Trinajstić information content (AvgIpc) is 2.17. The van der Waals surface area contributed by atoms with E-state index in [1.165, 1.54) is 0 Å². The van der Waals surface area contributed by atoms with Crippen molar-refractivity contribution in [3.05, 3.63) is 29.8 Å². The summed E-state index contributed by atoms with van der Waals surface area (Å²) in [4.78, 5) is 0. The van der Waals surface area contributed by atoms with Gasteiger partial charge in [0.15, 0.2) is 0 Å². The molecule has 0 aromatic heterocycles. The zero-order valence-corrected chi connectivity index (χ0v) is 8.73. The summed E-state index contributed by atoms with van der Waals surface area (Å²) in [6, 6.07) is 7.19. The van der Waals surface area contributed by atoms with Gasteiger partial charge in [-0.25, -0.2) is 0 Å². The summed E-state index contributed by atoms with van der Waals surface area (Å²) in [6.45, 7) is 1.89. The summed E-state index contributed by atoms with van der Waals surface area (Å²) in [5, 5.41) is 16.0. The van der Waals surface area contributed by atoms with E-state index in [4.69, 9.17) is 21.0 Å². The highest BCUT2D eigenvalue weighted by Crippen LogP contribution is 2.14. The molecular formula is C11H16N2O2. The summed E-state index contributed by atoms with van der Waals surface area (Å²) in [5.74, 6) is 0.843. The van der Waals surface area contributed by atoms with Crippen LogP contribution in [0.5, 0.6) is 5.75 Å². The van der Waals surface area contributed by atoms with Gasteiger partial charge in [0.05, 0.1) is 12.4 Å². The molecule has 1 atom stereocenters. The van der Waals surface area contributed by atoms with Crippen molar-refractivity contribution < 1.29 is 9.84 Å². The summed E-state index contributed by atoms with van der Waals surface area (Å²) >= 11 is 0. The minimum absolute atomic E-state index is 0.0310. The number of hydrogen-bond donors (Lipinski definition) is 3. The van der Waals surface area contributed by atoms with Gasteiger partial charge in [-0.1, -0.05) is 12.1 Å². The van der Waals surface area contributed by atoms with Gasteiger partial charge in [0, 0.05) is 6.42 Å². The van der Waals surface area contributed by atoms with E-state index in [1.807, 2.05) is 6.92 Å². The standard InChI is InChI=1S/C11H16N2O2/c1-8(6-11(12)13)15-10-4-2-9(7-14)3-5-10/h2-5,8,14H,6-7H2,1H3,(H3,12,13). The number of benzene rings is 1. The van der Waals surface area contributed by atoms with E-state index in [9.17, 15) is 0 Å². The third-order valence-electron chi connectivity index (χ3n) is 1.95. The van der Waals surface area contributed by atoms with Gasteiger partial charge >= 0.3 is 0 Å². The Labute approximate surface area is 89.2 Å². The molecule has 1 unspecified atom stereocenters. The number of ether oxygens (including phenoxy) is 1. The molecule has 1 aromatic rings. The number of aliphatic hydroxyl groups is 1. The molecule has 82 valence electrons. The second-order valence-electron chi connectivity index (χ2n) is 3.46. The van der Waals surface area contributed by atoms with Crippen molar-refractivity contribution in [3.63, 3.8) is 0 Å². The van der Waals surface area contributed by atoms with E-state index in [2.05, 4.69) is 0 Å². The second-order valence-corrected chi connectivity index (χ2v) is 3.46. The largest absolute Gasteiger partial charge is 0.490 e. The highest BCUT2D eigenvalue weighted by Gasteiger charge is 2.05. The molecule has 0 heterocycles. The Balaban J connectivity index is 2.53. The molecule has 0 spiro atoms. The molecule has 1 rings (SSSR count). The second kappa shape index (κ2) is 5.36. The Hall–Kier alpha value is -1.55. The number of rotatable bonds is 5. The fraction of sp³-hybridized carbons (Fsp3) is 0.364. The summed E-state index contributed by atoms with van der Waals surface area (Å²) in [5.41, 5.74) is 6.11. The molecule has 0 aliphatic rings. The Bertz CT molecular complexity index is 322. The molecular weight excluding hydrogens is 192 g/mol. The first kappa shape index (κ1) is 11.5. The third-order valence-corrected chi connectivity index (χ3v) is 1.95. The predicted molar refractivity (Wildman–Crippen MR) is 59.0 cm³/mol. The Kier molecular flexibility index (Phi) is 4.12. The Morgan fingerprint density at radius 2 is 2.07 bits per heavy atom. The first-order chi connectivity index (χ1) is 7.11. The van der Waals surface area contributed by atoms with Crippen LogP contribution in [-0.4, -0.2) is 17.0 Å². The lowest BCUT2D eigenvalue weighted by Crippen LogP contribution is -2.21. The fourth-order valence-corrected chi connectivity index (χ4v) is 1.26. The minimum atomic E-state index is -0.109. The van der Waals surface area contributed by atoms with E-state index in [-0.39, 0.29) is 18.5 Å². The van der Waals surface area contributed by atoms with Crippen LogP contribution in [0, 0.1) is 5.41 Å². The predicted octanol–water partition coefficient (Wildman–Crippen LogP) is 1.27. The van der Waals surface area contributed by atoms with Crippen molar-refractivity contribution in [1.82, 2.24) is 0 Å². The quantitative estimate of drug-likeness (QED) is 0.503. The van der Waals surface area contributed by atoms with Crippen molar-refractivity contribution >= 4 is 5.84 Å². The summed E-state index contributed by atoms with van der Waals surface area (Å²) in [7, 11) is 0. The number of amidine groups is 1. The molecule has 0 amide bonds. The van der Waals surface area contributed by atoms with Crippen molar-refractivity contribution in [2.75, 3.05) is 0 Å². The van der Waals surface area contributed by atoms with Crippen molar-refractivity contribution in [1.29, 1.82) is 5.41 Å². The number of nitrogens with two attached hydrogens (primary N) is 1. The molecule has 4 N–H and O–H groups in total. The van der Waals surface area contributed by atoms with Crippen LogP contribution in [-0.2, 0) is 6.61 Å². The molecule has 0 bridgehead atoms. The van der Waals surface area contributed by atoms with E-state index in [1.54, 1.807) is 24.3 Å². The first-order valence-electron chi connectivity index (χ1n) is 4.81. The lowest BCUT2D eigenvalue weighted by Gasteiger charge is -2.13. The number of aliphatic hydroxyl groups excluding tert-OH is 1. The topological polar surface area (TPSA) is 79.3 Å². The molecule has 1 aromatic carbocycles. The molecule has 0 radical (unpaired) electrons. The van der Waals surface area contributed by atoms with Gasteiger partial charge in [-0.15, -0.1) is 0 Å². The summed E-state index contributed by atoms with van der Waals surface area (Å²) < 4.78 is 5.52. The van der Waals surface area contributed by atoms with Gasteiger partial charge in [0.2, 0.25) is 0 Å². The van der Waals surface area contributed by atoms with Crippen LogP contribution in [0.1, 0.15) is 18.9 Å². The molecule has 0 aliphatic heterocycles. The van der Waals surface area contributed by atoms with Crippen LogP contribution in [0.2, 0.25) is 0 Å². The SMILES string of the molecule is CC(CC(=N)N)Oc1ccc(CO)cc1. The van der Waals surface area contributed by atoms with Crippen LogP contribution in [0.15, 0.2) is 24.3 Å². The van der Waals surface area contributed by atoms with Crippen molar-refractivity contribution in [2.24, 2.45) is 5.73 Å². The zero-order valence-electron chi connectivity index (χ0n) is 8.73. The van der Waals surface area contributed by atoms with Gasteiger partial charge in [0.25, 0.3) is 0 Å². The molecule has 15 heavy (non-hydrogen) atoms. The zero-order chi connectivity index (χ0) is 11.3. The van der Waals surface area contributed by atoms with Crippen LogP contribution in [0.4, 0.5) is 0 Å². The maximum Gasteiger partial charge on any atom is 0.119 e. The van der Waals surface area contributed by atoms with Crippen molar-refractivity contribution in [3.8, 4) is 5.75 Å². The Morgan fingerprint density at radius 3 is 2.53 bits per heavy atom. The van der Waals surface area contributed by atoms with E-state index >= 15 is 0 Å². The van der Waals surface area contributed by atoms with Crippen molar-refractivity contribution in [2.45, 2.75) is 26.1 Å². The molecule has 0 saturated heterocycles. The van der Waals surface area contributed by atoms with Gasteiger partial charge in [0.1, 0.15) is 11.9 Å². The highest BCUT2D eigenvalue weighted by atomic mass is 16.5. The van der Waals surface area contributed by atoms with Crippen LogP contribution < -0.4 is 10.5 Å². The smallest absolute Gasteiger partial charge is 0.119 e. The highest BCUT2D eigenvalue weighted by molar-refractivity contribution is 5.77. The van der Waals surface area contributed by atoms with Gasteiger partial charge < -0.3 is 15.6 Å². The van der Waals surface area contributed by atoms with Crippen LogP contribution in [0.3, 0.4) is 0 Å². The molecule has 4 nitrogen and oxygen atoms in total. The third kappa shape index (κ3) is 3.99. The van der Waals surface area contributed by atoms with E-state index in [0.717, 1.165) is 11.3 Å². The van der Waals surface area contributed by atoms with Crippen LogP contribution >= 0.6 is 0 Å². The Morgan fingerprint density at radius 1 is 1.47 bits per heavy atom. The maximum absolute atomic E-state index is 8.84. The first-order valence-corrected chi connectivity index (χ1v) is 4.81. The lowest BCUT2D eigenvalue weighted by molar-refractivity contribution is 0.229. The minimum Gasteiger partial charge on any atom is -0.490 e. The van der Waals surface area contributed by atoms with E-state index < -0.39 is 0 Å². The molecule has 0 aliphatic carbocycles. The summed E-state index contributed by atoms with van der Waals surface area (Å²) in [6.07, 6.45) is 0.310. The lowest BCUT2D eigenvalue weighted by atomic mass is 10.2. The van der Waals surface area contributed by atoms with Crippen LogP contribution in [0.25, 0.3) is 0 Å². The number of hydrogen-bond acceptors (Lipinski definition) is 3. The maximum atomic E-state index is 8.84. The number of nitrogens with one attached hydrogen (secondary N) is 1. The monoisotopic (exact) mass is 208 g/mol. The fourth-order valence-electron chi connectivity index (χ4n) is 1.26. The van der Waals surface area contributed by atoms with Gasteiger partial charge in [-0.05, 0) is 24.6 Å². The average molecular weight is 208 g/mol. The van der Waals surface area contributed by atoms with E-state index in [0.29, 0.717) is 6.42 Å². The molecule has 0 saturated carbocycles. The molecule has 0 fully saturated rings. The molecule has 4 heteroatoms. The van der Waals surface area contributed by atoms with Gasteiger partial charge in [-0.2, -0.15) is 0 Å².